The third-order valence-electron chi connectivity index (χ3n) is 4.81. The predicted octanol–water partition coefficient (Wildman–Crippen LogP) is 1.40. The summed E-state index contributed by atoms with van der Waals surface area (Å²) in [7, 11) is 0. The lowest BCUT2D eigenvalue weighted by molar-refractivity contribution is -0.150. The number of piperidine rings is 1. The minimum Gasteiger partial charge on any atom is -0.479 e. The van der Waals surface area contributed by atoms with E-state index in [1.807, 2.05) is 6.92 Å². The second kappa shape index (κ2) is 6.68. The van der Waals surface area contributed by atoms with Crippen molar-refractivity contribution in [3.05, 3.63) is 53.3 Å². The molecule has 7 nitrogen and oxygen atoms in total. The maximum absolute atomic E-state index is 12.6. The summed E-state index contributed by atoms with van der Waals surface area (Å²) in [5, 5.41) is 23.0. The molecule has 1 fully saturated rings. The van der Waals surface area contributed by atoms with Gasteiger partial charge in [-0.1, -0.05) is 12.1 Å². The lowest BCUT2D eigenvalue weighted by atomic mass is 9.87. The zero-order valence-corrected chi connectivity index (χ0v) is 14.1. The second-order valence-corrected chi connectivity index (χ2v) is 6.45. The van der Waals surface area contributed by atoms with Gasteiger partial charge in [0.1, 0.15) is 0 Å². The van der Waals surface area contributed by atoms with Crippen LogP contribution in [0.4, 0.5) is 0 Å². The Labute approximate surface area is 145 Å². The van der Waals surface area contributed by atoms with Gasteiger partial charge in [0.15, 0.2) is 5.54 Å². The molecule has 132 valence electrons. The number of hydrogen-bond donors (Lipinski definition) is 2. The quantitative estimate of drug-likeness (QED) is 0.875. The number of carboxylic acid groups (broad SMARTS) is 1. The van der Waals surface area contributed by atoms with Crippen molar-refractivity contribution in [2.24, 2.45) is 0 Å². The fourth-order valence-corrected chi connectivity index (χ4v) is 3.20. The number of nitrogens with zero attached hydrogens (tertiary/aromatic N) is 3. The van der Waals surface area contributed by atoms with E-state index in [0.29, 0.717) is 31.5 Å². The van der Waals surface area contributed by atoms with Gasteiger partial charge in [-0.2, -0.15) is 5.10 Å². The average molecular weight is 343 g/mol. The zero-order valence-electron chi connectivity index (χ0n) is 14.1. The third kappa shape index (κ3) is 3.15. The van der Waals surface area contributed by atoms with E-state index in [1.54, 1.807) is 41.6 Å². The molecule has 2 heterocycles. The molecule has 1 aromatic carbocycles. The summed E-state index contributed by atoms with van der Waals surface area (Å²) in [6, 6.07) is 6.80. The summed E-state index contributed by atoms with van der Waals surface area (Å²) in [4.78, 5) is 26.2. The fourth-order valence-electron chi connectivity index (χ4n) is 3.20. The van der Waals surface area contributed by atoms with Gasteiger partial charge in [-0.15, -0.1) is 0 Å². The van der Waals surface area contributed by atoms with Gasteiger partial charge in [0.2, 0.25) is 0 Å². The maximum Gasteiger partial charge on any atom is 0.331 e. The van der Waals surface area contributed by atoms with Gasteiger partial charge in [0.25, 0.3) is 5.91 Å². The number of hydrogen-bond acceptors (Lipinski definition) is 4. The van der Waals surface area contributed by atoms with Crippen LogP contribution in [0.1, 0.15) is 34.3 Å². The monoisotopic (exact) mass is 343 g/mol. The Bertz CT molecular complexity index is 774. The molecule has 1 aliphatic rings. The summed E-state index contributed by atoms with van der Waals surface area (Å²) in [6.07, 6.45) is 4.00. The summed E-state index contributed by atoms with van der Waals surface area (Å²) in [6.45, 7) is 2.51. The molecule has 2 aromatic rings. The molecule has 0 atom stereocenters. The van der Waals surface area contributed by atoms with Crippen LogP contribution in [0.15, 0.2) is 36.7 Å². The highest BCUT2D eigenvalue weighted by atomic mass is 16.4. The summed E-state index contributed by atoms with van der Waals surface area (Å²) < 4.78 is 1.52. The number of aromatic nitrogens is 2. The van der Waals surface area contributed by atoms with Crippen LogP contribution in [0.3, 0.4) is 0 Å². The van der Waals surface area contributed by atoms with Gasteiger partial charge < -0.3 is 15.1 Å². The van der Waals surface area contributed by atoms with Crippen molar-refractivity contribution in [1.82, 2.24) is 14.7 Å². The summed E-state index contributed by atoms with van der Waals surface area (Å²) in [5.74, 6) is -1.05. The Balaban J connectivity index is 1.75. The van der Waals surface area contributed by atoms with Crippen molar-refractivity contribution in [2.45, 2.75) is 31.9 Å². The van der Waals surface area contributed by atoms with Crippen LogP contribution < -0.4 is 0 Å². The molecule has 3 rings (SSSR count). The Morgan fingerprint density at radius 3 is 2.32 bits per heavy atom. The SMILES string of the molecule is Cc1cnn(C2(C(=O)O)CCN(C(=O)c3ccc(CO)cc3)CC2)c1. The summed E-state index contributed by atoms with van der Waals surface area (Å²) in [5.41, 5.74) is 1.08. The van der Waals surface area contributed by atoms with Crippen LogP contribution >= 0.6 is 0 Å². The van der Waals surface area contributed by atoms with Gasteiger partial charge in [0.05, 0.1) is 12.8 Å². The molecule has 0 radical (unpaired) electrons. The maximum atomic E-state index is 12.6. The van der Waals surface area contributed by atoms with E-state index in [9.17, 15) is 14.7 Å². The molecular formula is C18H21N3O4. The van der Waals surface area contributed by atoms with E-state index in [4.69, 9.17) is 5.11 Å². The van der Waals surface area contributed by atoms with E-state index in [2.05, 4.69) is 5.10 Å². The Hall–Kier alpha value is -2.67. The number of likely N-dealkylation sites (tertiary alicyclic amines) is 1. The molecule has 2 N–H and O–H groups in total. The number of carbonyl (C=O) groups excluding carboxylic acids is 1. The predicted molar refractivity (Wildman–Crippen MR) is 90.1 cm³/mol. The molecule has 0 saturated carbocycles. The van der Waals surface area contributed by atoms with Crippen LogP contribution in [-0.4, -0.2) is 49.9 Å². The first-order chi connectivity index (χ1) is 12.0. The van der Waals surface area contributed by atoms with Gasteiger partial charge in [-0.25, -0.2) is 4.79 Å². The number of carboxylic acids is 1. The molecule has 7 heteroatoms. The van der Waals surface area contributed by atoms with Gasteiger partial charge in [0, 0.05) is 37.7 Å². The molecule has 1 aliphatic heterocycles. The molecule has 1 aromatic heterocycles. The number of carbonyl (C=O) groups is 2. The van der Waals surface area contributed by atoms with Gasteiger partial charge in [-0.05, 0) is 30.2 Å². The number of aryl methyl sites for hydroxylation is 1. The fraction of sp³-hybridized carbons (Fsp3) is 0.389. The Kier molecular flexibility index (Phi) is 4.59. The minimum atomic E-state index is -1.11. The molecule has 0 spiro atoms. The molecule has 1 saturated heterocycles. The number of aliphatic hydroxyl groups is 1. The van der Waals surface area contributed by atoms with E-state index in [0.717, 1.165) is 11.1 Å². The minimum absolute atomic E-state index is 0.0669. The van der Waals surface area contributed by atoms with Crippen molar-refractivity contribution in [2.75, 3.05) is 13.1 Å². The largest absolute Gasteiger partial charge is 0.479 e. The smallest absolute Gasteiger partial charge is 0.331 e. The molecule has 0 aliphatic carbocycles. The third-order valence-corrected chi connectivity index (χ3v) is 4.81. The number of benzene rings is 1. The second-order valence-electron chi connectivity index (χ2n) is 6.45. The van der Waals surface area contributed by atoms with Gasteiger partial charge >= 0.3 is 5.97 Å². The number of amides is 1. The average Bonchev–Trinajstić information content (AvgIpc) is 3.08. The van der Waals surface area contributed by atoms with Crippen molar-refractivity contribution < 1.29 is 19.8 Å². The number of aliphatic carboxylic acids is 1. The Morgan fingerprint density at radius 2 is 1.84 bits per heavy atom. The van der Waals surface area contributed by atoms with Crippen molar-refractivity contribution in [3.63, 3.8) is 0 Å². The summed E-state index contributed by atoms with van der Waals surface area (Å²) >= 11 is 0. The van der Waals surface area contributed by atoms with Gasteiger partial charge in [-0.3, -0.25) is 9.48 Å². The first-order valence-corrected chi connectivity index (χ1v) is 8.20. The highest BCUT2D eigenvalue weighted by molar-refractivity contribution is 5.94. The topological polar surface area (TPSA) is 95.7 Å². The van der Waals surface area contributed by atoms with E-state index in [1.165, 1.54) is 4.68 Å². The number of rotatable bonds is 4. The lowest BCUT2D eigenvalue weighted by Gasteiger charge is -2.39. The van der Waals surface area contributed by atoms with Crippen LogP contribution in [0.5, 0.6) is 0 Å². The van der Waals surface area contributed by atoms with Crippen LogP contribution in [0.2, 0.25) is 0 Å². The van der Waals surface area contributed by atoms with Crippen LogP contribution in [0.25, 0.3) is 0 Å². The van der Waals surface area contributed by atoms with Crippen LogP contribution in [-0.2, 0) is 16.9 Å². The van der Waals surface area contributed by atoms with Crippen molar-refractivity contribution in [1.29, 1.82) is 0 Å². The molecular weight excluding hydrogens is 322 g/mol. The van der Waals surface area contributed by atoms with E-state index >= 15 is 0 Å². The van der Waals surface area contributed by atoms with E-state index in [-0.39, 0.29) is 12.5 Å². The Morgan fingerprint density at radius 1 is 1.20 bits per heavy atom. The van der Waals surface area contributed by atoms with E-state index < -0.39 is 11.5 Å². The first-order valence-electron chi connectivity index (χ1n) is 8.20. The lowest BCUT2D eigenvalue weighted by Crippen LogP contribution is -2.52. The molecule has 25 heavy (non-hydrogen) atoms. The van der Waals surface area contributed by atoms with Crippen molar-refractivity contribution in [3.8, 4) is 0 Å². The van der Waals surface area contributed by atoms with Crippen LogP contribution in [0, 0.1) is 6.92 Å². The highest BCUT2D eigenvalue weighted by Crippen LogP contribution is 2.31. The van der Waals surface area contributed by atoms with Crippen molar-refractivity contribution >= 4 is 11.9 Å². The zero-order chi connectivity index (χ0) is 18.0. The normalized spacial score (nSPS) is 16.6. The molecule has 1 amide bonds. The molecule has 0 unspecified atom stereocenters. The standard InChI is InChI=1S/C18H21N3O4/c1-13-10-19-21(11-13)18(17(24)25)6-8-20(9-7-18)16(23)15-4-2-14(12-22)3-5-15/h2-5,10-11,22H,6-9,12H2,1H3,(H,24,25). The molecule has 0 bridgehead atoms. The highest BCUT2D eigenvalue weighted by Gasteiger charge is 2.45. The first kappa shape index (κ1) is 17.2. The number of aliphatic hydroxyl groups excluding tert-OH is 1.